The first-order valence-corrected chi connectivity index (χ1v) is 18.1. The summed E-state index contributed by atoms with van der Waals surface area (Å²) >= 11 is 0. The van der Waals surface area contributed by atoms with Gasteiger partial charge >= 0.3 is 13.8 Å². The van der Waals surface area contributed by atoms with Gasteiger partial charge in [-0.2, -0.15) is 17.6 Å². The minimum absolute atomic E-state index is 0.00374. The molecule has 1 heterocycles. The molecule has 1 atom stereocenters. The second-order valence-corrected chi connectivity index (χ2v) is 13.2. The molecule has 1 aromatic carbocycles. The standard InChI is InChI=1S/C34H49F4N2O6P/c1-2-3-4-5-6-7-8-9-10-11-12-13-14-15-33(41)40-28(24-32(35)47(42,43)44)22-27-16-18-30(19-17-27)45-25-29-23-31(20-21-39-29)46-26-34(36,37)38/h16-21,23-24,28H,2-15,22,25-26H2,1H3,(H,40,41)(H2,42,43,44)/t28-/m0/s1. The number of unbranched alkanes of at least 4 members (excludes halogenated alkanes) is 12. The molecule has 3 N–H and O–H groups in total. The number of ether oxygens (including phenoxy) is 2. The Balaban J connectivity index is 1.79. The van der Waals surface area contributed by atoms with Gasteiger partial charge in [0.25, 0.3) is 0 Å². The third-order valence-corrected chi connectivity index (χ3v) is 8.13. The van der Waals surface area contributed by atoms with Crippen molar-refractivity contribution in [2.75, 3.05) is 6.61 Å². The van der Waals surface area contributed by atoms with E-state index in [0.29, 0.717) is 23.4 Å². The molecule has 0 aliphatic heterocycles. The molecule has 47 heavy (non-hydrogen) atoms. The smallest absolute Gasteiger partial charge is 0.422 e. The molecule has 13 heteroatoms. The van der Waals surface area contributed by atoms with Gasteiger partial charge in [-0.05, 0) is 42.7 Å². The van der Waals surface area contributed by atoms with Crippen molar-refractivity contribution in [3.8, 4) is 11.5 Å². The van der Waals surface area contributed by atoms with Crippen molar-refractivity contribution in [3.05, 3.63) is 65.5 Å². The Morgan fingerprint density at radius 2 is 1.47 bits per heavy atom. The van der Waals surface area contributed by atoms with E-state index < -0.39 is 32.0 Å². The number of amides is 1. The number of rotatable bonds is 24. The molecule has 0 saturated carbocycles. The Hall–Kier alpha value is -2.95. The van der Waals surface area contributed by atoms with Crippen LogP contribution in [0.25, 0.3) is 0 Å². The van der Waals surface area contributed by atoms with Gasteiger partial charge in [-0.15, -0.1) is 0 Å². The van der Waals surface area contributed by atoms with Gasteiger partial charge in [-0.3, -0.25) is 14.3 Å². The normalized spacial score (nSPS) is 13.0. The van der Waals surface area contributed by atoms with Crippen LogP contribution in [0.1, 0.15) is 108 Å². The summed E-state index contributed by atoms with van der Waals surface area (Å²) in [5.74, 6) is 0.0860. The predicted octanol–water partition coefficient (Wildman–Crippen LogP) is 9.10. The second-order valence-electron chi connectivity index (χ2n) is 11.7. The van der Waals surface area contributed by atoms with Crippen LogP contribution in [0.2, 0.25) is 0 Å². The van der Waals surface area contributed by atoms with Crippen LogP contribution in [0.4, 0.5) is 17.6 Å². The topological polar surface area (TPSA) is 118 Å². The zero-order chi connectivity index (χ0) is 34.5. The van der Waals surface area contributed by atoms with Crippen LogP contribution in [-0.4, -0.2) is 39.5 Å². The SMILES string of the molecule is CCCCCCCCCCCCCCCC(=O)N[C@H](C=C(F)P(=O)(O)O)Cc1ccc(OCc2cc(OCC(F)(F)F)ccn2)cc1. The molecule has 0 radical (unpaired) electrons. The lowest BCUT2D eigenvalue weighted by atomic mass is 10.0. The molecule has 1 aromatic heterocycles. The summed E-state index contributed by atoms with van der Waals surface area (Å²) in [6, 6.07) is 8.17. The first-order chi connectivity index (χ1) is 22.4. The van der Waals surface area contributed by atoms with Gasteiger partial charge in [-0.25, -0.2) is 0 Å². The maximum absolute atomic E-state index is 14.2. The lowest BCUT2D eigenvalue weighted by molar-refractivity contribution is -0.153. The summed E-state index contributed by atoms with van der Waals surface area (Å²) in [4.78, 5) is 35.1. The first kappa shape index (κ1) is 40.2. The number of carbonyl (C=O) groups excluding carboxylic acids is 1. The zero-order valence-corrected chi connectivity index (χ0v) is 28.0. The number of carbonyl (C=O) groups is 1. The Kier molecular flexibility index (Phi) is 18.7. The number of aromatic nitrogens is 1. The number of hydrogen-bond donors (Lipinski definition) is 3. The van der Waals surface area contributed by atoms with E-state index in [4.69, 9.17) is 9.47 Å². The highest BCUT2D eigenvalue weighted by Gasteiger charge is 2.28. The number of nitrogens with zero attached hydrogens (tertiary/aromatic N) is 1. The quantitative estimate of drug-likeness (QED) is 0.0572. The third kappa shape index (κ3) is 19.5. The fourth-order valence-corrected chi connectivity index (χ4v) is 5.29. The molecule has 0 aliphatic rings. The Morgan fingerprint density at radius 1 is 0.894 bits per heavy atom. The van der Waals surface area contributed by atoms with Crippen molar-refractivity contribution >= 4 is 13.5 Å². The molecule has 1 amide bonds. The molecule has 0 bridgehead atoms. The van der Waals surface area contributed by atoms with Crippen LogP contribution in [0.5, 0.6) is 11.5 Å². The van der Waals surface area contributed by atoms with Crippen molar-refractivity contribution in [2.24, 2.45) is 0 Å². The van der Waals surface area contributed by atoms with Crippen molar-refractivity contribution in [1.29, 1.82) is 0 Å². The van der Waals surface area contributed by atoms with Gasteiger partial charge in [0, 0.05) is 18.7 Å². The van der Waals surface area contributed by atoms with Gasteiger partial charge < -0.3 is 24.6 Å². The molecule has 0 unspecified atom stereocenters. The zero-order valence-electron chi connectivity index (χ0n) is 27.2. The van der Waals surface area contributed by atoms with Crippen molar-refractivity contribution in [3.63, 3.8) is 0 Å². The van der Waals surface area contributed by atoms with Gasteiger partial charge in [0.2, 0.25) is 11.5 Å². The van der Waals surface area contributed by atoms with Gasteiger partial charge in [0.05, 0.1) is 11.7 Å². The molecule has 0 saturated heterocycles. The first-order valence-electron chi connectivity index (χ1n) is 16.4. The van der Waals surface area contributed by atoms with Crippen LogP contribution >= 0.6 is 7.60 Å². The van der Waals surface area contributed by atoms with E-state index in [1.807, 2.05) is 0 Å². The maximum atomic E-state index is 14.2. The molecule has 0 spiro atoms. The Morgan fingerprint density at radius 3 is 2.02 bits per heavy atom. The molecule has 8 nitrogen and oxygen atoms in total. The lowest BCUT2D eigenvalue weighted by Crippen LogP contribution is -2.35. The molecule has 0 fully saturated rings. The minimum Gasteiger partial charge on any atom is -0.487 e. The molecular formula is C34H49F4N2O6P. The van der Waals surface area contributed by atoms with Crippen LogP contribution in [0.15, 0.2) is 54.2 Å². The van der Waals surface area contributed by atoms with E-state index in [9.17, 15) is 36.7 Å². The molecule has 264 valence electrons. The Labute approximate surface area is 275 Å². The van der Waals surface area contributed by atoms with Crippen LogP contribution in [0.3, 0.4) is 0 Å². The van der Waals surface area contributed by atoms with Gasteiger partial charge in [0.15, 0.2) is 6.61 Å². The van der Waals surface area contributed by atoms with Crippen LogP contribution in [-0.2, 0) is 22.4 Å². The number of benzene rings is 1. The van der Waals surface area contributed by atoms with E-state index >= 15 is 0 Å². The van der Waals surface area contributed by atoms with Crippen molar-refractivity contribution in [2.45, 2.75) is 122 Å². The number of halogens is 4. The summed E-state index contributed by atoms with van der Waals surface area (Å²) in [7, 11) is -5.12. The number of nitrogens with one attached hydrogen (secondary N) is 1. The van der Waals surface area contributed by atoms with Gasteiger partial charge in [0.1, 0.15) is 18.1 Å². The average molecular weight is 689 g/mol. The number of pyridine rings is 1. The summed E-state index contributed by atoms with van der Waals surface area (Å²) in [6.07, 6.45) is 13.1. The van der Waals surface area contributed by atoms with E-state index in [1.54, 1.807) is 24.3 Å². The molecule has 2 rings (SSSR count). The second kappa shape index (κ2) is 21.8. The van der Waals surface area contributed by atoms with E-state index in [2.05, 4.69) is 17.2 Å². The largest absolute Gasteiger partial charge is 0.487 e. The lowest BCUT2D eigenvalue weighted by Gasteiger charge is -2.17. The summed E-state index contributed by atoms with van der Waals surface area (Å²) in [6.45, 7) is 0.752. The highest BCUT2D eigenvalue weighted by atomic mass is 31.2. The van der Waals surface area contributed by atoms with Crippen LogP contribution < -0.4 is 14.8 Å². The van der Waals surface area contributed by atoms with E-state index in [-0.39, 0.29) is 31.1 Å². The summed E-state index contributed by atoms with van der Waals surface area (Å²) < 4.78 is 73.2. The van der Waals surface area contributed by atoms with Crippen molar-refractivity contribution < 1.29 is 46.2 Å². The molecule has 2 aromatic rings. The van der Waals surface area contributed by atoms with Gasteiger partial charge in [-0.1, -0.05) is 96.1 Å². The summed E-state index contributed by atoms with van der Waals surface area (Å²) in [5.41, 5.74) is -0.630. The Bertz CT molecular complexity index is 1250. The summed E-state index contributed by atoms with van der Waals surface area (Å²) in [5, 5.41) is 2.68. The van der Waals surface area contributed by atoms with Crippen molar-refractivity contribution in [1.82, 2.24) is 10.3 Å². The fraction of sp³-hybridized carbons (Fsp3) is 0.588. The highest BCUT2D eigenvalue weighted by Crippen LogP contribution is 2.45. The number of alkyl halides is 3. The average Bonchev–Trinajstić information content (AvgIpc) is 3.01. The number of hydrogen-bond acceptors (Lipinski definition) is 5. The minimum atomic E-state index is -5.12. The highest BCUT2D eigenvalue weighted by molar-refractivity contribution is 7.56. The molecule has 0 aliphatic carbocycles. The van der Waals surface area contributed by atoms with E-state index in [0.717, 1.165) is 25.3 Å². The monoisotopic (exact) mass is 688 g/mol. The molecular weight excluding hydrogens is 639 g/mol. The van der Waals surface area contributed by atoms with Crippen LogP contribution in [0, 0.1) is 0 Å². The predicted molar refractivity (Wildman–Crippen MR) is 174 cm³/mol. The third-order valence-electron chi connectivity index (χ3n) is 7.43. The maximum Gasteiger partial charge on any atom is 0.422 e. The van der Waals surface area contributed by atoms with E-state index in [1.165, 1.54) is 76.1 Å². The fourth-order valence-electron chi connectivity index (χ4n) is 4.92.